The fourth-order valence-corrected chi connectivity index (χ4v) is 4.71. The number of anilines is 1. The van der Waals surface area contributed by atoms with E-state index in [4.69, 9.17) is 14.2 Å². The molecule has 0 bridgehead atoms. The zero-order valence-electron chi connectivity index (χ0n) is 16.9. The number of hydrogen-bond donors (Lipinski definition) is 0. The highest BCUT2D eigenvalue weighted by molar-refractivity contribution is 5.78. The molecular weight excluding hydrogens is 354 g/mol. The highest BCUT2D eigenvalue weighted by atomic mass is 16.5. The van der Waals surface area contributed by atoms with Gasteiger partial charge in [0.05, 0.1) is 31.9 Å². The third kappa shape index (κ3) is 2.81. The van der Waals surface area contributed by atoms with Gasteiger partial charge in [0.25, 0.3) is 0 Å². The average molecular weight is 381 g/mol. The van der Waals surface area contributed by atoms with Crippen LogP contribution in [0.15, 0.2) is 42.5 Å². The van der Waals surface area contributed by atoms with Gasteiger partial charge >= 0.3 is 5.97 Å². The van der Waals surface area contributed by atoms with Crippen LogP contribution < -0.4 is 14.4 Å². The molecule has 0 fully saturated rings. The summed E-state index contributed by atoms with van der Waals surface area (Å²) >= 11 is 0. The van der Waals surface area contributed by atoms with Crippen molar-refractivity contribution in [2.75, 3.05) is 31.8 Å². The number of para-hydroxylation sites is 1. The summed E-state index contributed by atoms with van der Waals surface area (Å²) in [6, 6.07) is 14.2. The number of nitrogens with zero attached hydrogens (tertiary/aromatic N) is 1. The van der Waals surface area contributed by atoms with Crippen molar-refractivity contribution >= 4 is 11.7 Å². The molecular formula is C23H27NO4. The Morgan fingerprint density at radius 2 is 2.00 bits per heavy atom. The lowest BCUT2D eigenvalue weighted by atomic mass is 9.64. The van der Waals surface area contributed by atoms with Crippen LogP contribution in [-0.2, 0) is 14.9 Å². The minimum absolute atomic E-state index is 0.0331. The van der Waals surface area contributed by atoms with Gasteiger partial charge in [-0.2, -0.15) is 0 Å². The van der Waals surface area contributed by atoms with Crippen molar-refractivity contribution in [3.63, 3.8) is 0 Å². The number of esters is 1. The Hall–Kier alpha value is -2.69. The van der Waals surface area contributed by atoms with Gasteiger partial charge < -0.3 is 19.1 Å². The third-order valence-corrected chi connectivity index (χ3v) is 6.12. The number of methoxy groups -OCH3 is 1. The van der Waals surface area contributed by atoms with Crippen LogP contribution in [0.1, 0.15) is 37.9 Å². The molecule has 0 aliphatic carbocycles. The fourth-order valence-electron chi connectivity index (χ4n) is 4.71. The molecule has 2 aliphatic heterocycles. The first-order valence-electron chi connectivity index (χ1n) is 9.80. The summed E-state index contributed by atoms with van der Waals surface area (Å²) < 4.78 is 17.2. The molecule has 2 atom stereocenters. The van der Waals surface area contributed by atoms with E-state index in [0.29, 0.717) is 13.2 Å². The summed E-state index contributed by atoms with van der Waals surface area (Å²) in [5, 5.41) is 0. The Morgan fingerprint density at radius 3 is 2.75 bits per heavy atom. The molecule has 2 aromatic carbocycles. The molecule has 0 spiro atoms. The zero-order valence-corrected chi connectivity index (χ0v) is 16.9. The minimum atomic E-state index is -0.223. The van der Waals surface area contributed by atoms with Crippen molar-refractivity contribution in [2.24, 2.45) is 5.92 Å². The van der Waals surface area contributed by atoms with E-state index < -0.39 is 0 Å². The predicted octanol–water partition coefficient (Wildman–Crippen LogP) is 4.11. The summed E-state index contributed by atoms with van der Waals surface area (Å²) in [5.41, 5.74) is 3.18. The minimum Gasteiger partial charge on any atom is -0.496 e. The largest absolute Gasteiger partial charge is 0.496 e. The lowest BCUT2D eigenvalue weighted by Crippen LogP contribution is -2.53. The molecule has 0 amide bonds. The maximum Gasteiger partial charge on any atom is 0.325 e. The molecule has 28 heavy (non-hydrogen) atoms. The van der Waals surface area contributed by atoms with Crippen molar-refractivity contribution in [3.05, 3.63) is 53.6 Å². The van der Waals surface area contributed by atoms with Crippen LogP contribution in [0.5, 0.6) is 11.5 Å². The Morgan fingerprint density at radius 1 is 1.21 bits per heavy atom. The van der Waals surface area contributed by atoms with Crippen molar-refractivity contribution in [1.82, 2.24) is 0 Å². The lowest BCUT2D eigenvalue weighted by Gasteiger charge is -2.53. The van der Waals surface area contributed by atoms with Crippen LogP contribution in [0, 0.1) is 5.92 Å². The molecule has 0 aromatic heterocycles. The van der Waals surface area contributed by atoms with Gasteiger partial charge in [0.15, 0.2) is 0 Å². The van der Waals surface area contributed by atoms with E-state index in [1.165, 1.54) is 5.56 Å². The van der Waals surface area contributed by atoms with E-state index in [2.05, 4.69) is 36.9 Å². The molecule has 2 aliphatic rings. The molecule has 0 saturated heterocycles. The first kappa shape index (κ1) is 18.7. The van der Waals surface area contributed by atoms with Crippen LogP contribution in [0.4, 0.5) is 5.69 Å². The van der Waals surface area contributed by atoms with E-state index in [1.807, 2.05) is 31.2 Å². The second kappa shape index (κ2) is 7.04. The highest BCUT2D eigenvalue weighted by Crippen LogP contribution is 2.56. The molecule has 2 aromatic rings. The summed E-state index contributed by atoms with van der Waals surface area (Å²) in [5.74, 6) is 1.56. The number of rotatable bonds is 4. The van der Waals surface area contributed by atoms with E-state index in [0.717, 1.165) is 22.7 Å². The zero-order chi connectivity index (χ0) is 19.9. The van der Waals surface area contributed by atoms with E-state index in [-0.39, 0.29) is 29.9 Å². The number of benzene rings is 2. The van der Waals surface area contributed by atoms with Crippen LogP contribution in [-0.4, -0.2) is 32.8 Å². The Balaban J connectivity index is 1.92. The summed E-state index contributed by atoms with van der Waals surface area (Å²) in [4.78, 5) is 14.7. The van der Waals surface area contributed by atoms with E-state index in [9.17, 15) is 4.79 Å². The van der Waals surface area contributed by atoms with E-state index >= 15 is 0 Å². The normalized spacial score (nSPS) is 21.6. The van der Waals surface area contributed by atoms with Crippen LogP contribution in [0.3, 0.4) is 0 Å². The monoisotopic (exact) mass is 381 g/mol. The Bertz CT molecular complexity index is 878. The molecule has 148 valence electrons. The maximum atomic E-state index is 12.5. The SMILES string of the molecule is CCOC(=O)CN1c2ccccc2C(C)(C)[C@@H]2COc3cccc(OC)c3[C@H]21. The van der Waals surface area contributed by atoms with Crippen LogP contribution >= 0.6 is 0 Å². The molecule has 5 nitrogen and oxygen atoms in total. The molecule has 4 rings (SSSR count). The molecule has 0 unspecified atom stereocenters. The first-order chi connectivity index (χ1) is 13.5. The Kier molecular flexibility index (Phi) is 4.69. The van der Waals surface area contributed by atoms with Crippen LogP contribution in [0.2, 0.25) is 0 Å². The van der Waals surface area contributed by atoms with Crippen molar-refractivity contribution < 1.29 is 19.0 Å². The molecule has 0 saturated carbocycles. The van der Waals surface area contributed by atoms with Gasteiger partial charge in [-0.3, -0.25) is 4.79 Å². The van der Waals surface area contributed by atoms with Crippen molar-refractivity contribution in [3.8, 4) is 11.5 Å². The summed E-state index contributed by atoms with van der Waals surface area (Å²) in [6.45, 7) is 7.51. The van der Waals surface area contributed by atoms with Gasteiger partial charge in [-0.25, -0.2) is 0 Å². The molecule has 0 radical (unpaired) electrons. The molecule has 0 N–H and O–H groups in total. The fraction of sp³-hybridized carbons (Fsp3) is 0.435. The van der Waals surface area contributed by atoms with Crippen molar-refractivity contribution in [1.29, 1.82) is 0 Å². The van der Waals surface area contributed by atoms with Gasteiger partial charge in [-0.15, -0.1) is 0 Å². The molecule has 2 heterocycles. The summed E-state index contributed by atoms with van der Waals surface area (Å²) in [6.07, 6.45) is 0. The van der Waals surface area contributed by atoms with Gasteiger partial charge in [0.2, 0.25) is 0 Å². The molecule has 5 heteroatoms. The van der Waals surface area contributed by atoms with Gasteiger partial charge in [0, 0.05) is 17.0 Å². The Labute approximate surface area is 166 Å². The third-order valence-electron chi connectivity index (χ3n) is 6.12. The number of carbonyl (C=O) groups is 1. The number of ether oxygens (including phenoxy) is 3. The number of carbonyl (C=O) groups excluding carboxylic acids is 1. The topological polar surface area (TPSA) is 48.0 Å². The van der Waals surface area contributed by atoms with Gasteiger partial charge in [0.1, 0.15) is 18.0 Å². The average Bonchev–Trinajstić information content (AvgIpc) is 2.70. The standard InChI is InChI=1S/C23H27NO4/c1-5-27-20(25)13-24-17-10-7-6-9-15(17)23(2,3)16-14-28-19-12-8-11-18(26-4)21(19)22(16)24/h6-12,16,22H,5,13-14H2,1-4H3/t16-,22+/m1/s1. The summed E-state index contributed by atoms with van der Waals surface area (Å²) in [7, 11) is 1.68. The highest BCUT2D eigenvalue weighted by Gasteiger charge is 2.50. The van der Waals surface area contributed by atoms with Crippen molar-refractivity contribution in [2.45, 2.75) is 32.2 Å². The lowest BCUT2D eigenvalue weighted by molar-refractivity contribution is -0.141. The number of fused-ring (bicyclic) bond motifs is 4. The van der Waals surface area contributed by atoms with Gasteiger partial charge in [-0.05, 0) is 30.7 Å². The second-order valence-corrected chi connectivity index (χ2v) is 7.91. The van der Waals surface area contributed by atoms with Gasteiger partial charge in [-0.1, -0.05) is 38.1 Å². The predicted molar refractivity (Wildman–Crippen MR) is 108 cm³/mol. The smallest absolute Gasteiger partial charge is 0.325 e. The second-order valence-electron chi connectivity index (χ2n) is 7.91. The van der Waals surface area contributed by atoms with Crippen LogP contribution in [0.25, 0.3) is 0 Å². The van der Waals surface area contributed by atoms with E-state index in [1.54, 1.807) is 7.11 Å². The number of hydrogen-bond acceptors (Lipinski definition) is 5. The quantitative estimate of drug-likeness (QED) is 0.746. The first-order valence-corrected chi connectivity index (χ1v) is 9.80. The maximum absolute atomic E-state index is 12.5.